The molecule has 0 aromatic heterocycles. The lowest BCUT2D eigenvalue weighted by Gasteiger charge is -2.08. The summed E-state index contributed by atoms with van der Waals surface area (Å²) in [5, 5.41) is 2.51. The number of unbranched alkanes of at least 4 members (excludes halogenated alkanes) is 1. The Hall–Kier alpha value is -2.62. The zero-order valence-corrected chi connectivity index (χ0v) is 13.1. The molecule has 23 heavy (non-hydrogen) atoms. The van der Waals surface area contributed by atoms with Crippen LogP contribution >= 0.6 is 0 Å². The molecule has 0 saturated heterocycles. The SMILES string of the molecule is CCCCOc1ccccc1C=CC(=O)Nc1ccccc1F. The third kappa shape index (κ3) is 5.25. The highest BCUT2D eigenvalue weighted by atomic mass is 19.1. The van der Waals surface area contributed by atoms with Gasteiger partial charge in [-0.25, -0.2) is 4.39 Å². The van der Waals surface area contributed by atoms with Gasteiger partial charge in [-0.15, -0.1) is 0 Å². The first-order chi connectivity index (χ1) is 11.2. The van der Waals surface area contributed by atoms with E-state index in [4.69, 9.17) is 4.74 Å². The number of hydrogen-bond donors (Lipinski definition) is 1. The second kappa shape index (κ2) is 8.73. The summed E-state index contributed by atoms with van der Waals surface area (Å²) in [6, 6.07) is 13.6. The van der Waals surface area contributed by atoms with Gasteiger partial charge in [-0.2, -0.15) is 0 Å². The summed E-state index contributed by atoms with van der Waals surface area (Å²) >= 11 is 0. The molecule has 0 aliphatic heterocycles. The summed E-state index contributed by atoms with van der Waals surface area (Å²) in [7, 11) is 0. The molecule has 0 atom stereocenters. The molecule has 0 spiro atoms. The quantitative estimate of drug-likeness (QED) is 0.596. The highest BCUT2D eigenvalue weighted by Crippen LogP contribution is 2.20. The van der Waals surface area contributed by atoms with Gasteiger partial charge in [0.05, 0.1) is 12.3 Å². The van der Waals surface area contributed by atoms with Gasteiger partial charge in [0.25, 0.3) is 0 Å². The van der Waals surface area contributed by atoms with Crippen LogP contribution in [0.2, 0.25) is 0 Å². The normalized spacial score (nSPS) is 10.7. The topological polar surface area (TPSA) is 38.3 Å². The lowest BCUT2D eigenvalue weighted by atomic mass is 10.2. The molecule has 120 valence electrons. The number of halogens is 1. The van der Waals surface area contributed by atoms with Crippen LogP contribution in [0, 0.1) is 5.82 Å². The molecule has 0 heterocycles. The van der Waals surface area contributed by atoms with Crippen molar-refractivity contribution in [2.45, 2.75) is 19.8 Å². The van der Waals surface area contributed by atoms with E-state index in [0.717, 1.165) is 24.2 Å². The van der Waals surface area contributed by atoms with Crippen LogP contribution in [0.5, 0.6) is 5.75 Å². The van der Waals surface area contributed by atoms with Gasteiger partial charge in [0.2, 0.25) is 5.91 Å². The molecule has 0 bridgehead atoms. The Morgan fingerprint density at radius 2 is 1.91 bits per heavy atom. The summed E-state index contributed by atoms with van der Waals surface area (Å²) in [4.78, 5) is 11.9. The fourth-order valence-electron chi connectivity index (χ4n) is 1.98. The van der Waals surface area contributed by atoms with Crippen molar-refractivity contribution in [1.29, 1.82) is 0 Å². The zero-order chi connectivity index (χ0) is 16.5. The molecule has 0 aliphatic rings. The average Bonchev–Trinajstić information content (AvgIpc) is 2.56. The van der Waals surface area contributed by atoms with Crippen molar-refractivity contribution in [1.82, 2.24) is 0 Å². The Morgan fingerprint density at radius 1 is 1.17 bits per heavy atom. The highest BCUT2D eigenvalue weighted by Gasteiger charge is 2.04. The van der Waals surface area contributed by atoms with Crippen LogP contribution in [0.1, 0.15) is 25.3 Å². The van der Waals surface area contributed by atoms with E-state index in [9.17, 15) is 9.18 Å². The molecule has 4 heteroatoms. The van der Waals surface area contributed by atoms with Gasteiger partial charge >= 0.3 is 0 Å². The van der Waals surface area contributed by atoms with Crippen molar-refractivity contribution in [2.24, 2.45) is 0 Å². The summed E-state index contributed by atoms with van der Waals surface area (Å²) < 4.78 is 19.2. The second-order valence-corrected chi connectivity index (χ2v) is 5.04. The van der Waals surface area contributed by atoms with E-state index in [-0.39, 0.29) is 5.69 Å². The Labute approximate surface area is 135 Å². The number of carbonyl (C=O) groups excluding carboxylic acids is 1. The molecule has 1 N–H and O–H groups in total. The molecule has 0 unspecified atom stereocenters. The van der Waals surface area contributed by atoms with E-state index in [0.29, 0.717) is 6.61 Å². The predicted molar refractivity (Wildman–Crippen MR) is 90.9 cm³/mol. The second-order valence-electron chi connectivity index (χ2n) is 5.04. The van der Waals surface area contributed by atoms with Gasteiger partial charge in [-0.1, -0.05) is 43.7 Å². The number of rotatable bonds is 7. The number of hydrogen-bond acceptors (Lipinski definition) is 2. The molecule has 0 fully saturated rings. The number of para-hydroxylation sites is 2. The maximum Gasteiger partial charge on any atom is 0.248 e. The molecule has 2 rings (SSSR count). The van der Waals surface area contributed by atoms with Crippen molar-refractivity contribution in [2.75, 3.05) is 11.9 Å². The van der Waals surface area contributed by atoms with E-state index in [2.05, 4.69) is 12.2 Å². The van der Waals surface area contributed by atoms with Crippen molar-refractivity contribution in [3.05, 3.63) is 66.0 Å². The van der Waals surface area contributed by atoms with Crippen LogP contribution in [0.15, 0.2) is 54.6 Å². The van der Waals surface area contributed by atoms with Gasteiger partial charge in [-0.3, -0.25) is 4.79 Å². The third-order valence-corrected chi connectivity index (χ3v) is 3.22. The number of benzene rings is 2. The van der Waals surface area contributed by atoms with Crippen molar-refractivity contribution in [3.8, 4) is 5.75 Å². The molecule has 1 amide bonds. The van der Waals surface area contributed by atoms with Crippen LogP contribution in [0.3, 0.4) is 0 Å². The van der Waals surface area contributed by atoms with Crippen LogP contribution < -0.4 is 10.1 Å². The Bertz CT molecular complexity index is 683. The molecule has 2 aromatic rings. The molecule has 2 aromatic carbocycles. The minimum Gasteiger partial charge on any atom is -0.493 e. The average molecular weight is 313 g/mol. The van der Waals surface area contributed by atoms with E-state index in [1.54, 1.807) is 18.2 Å². The third-order valence-electron chi connectivity index (χ3n) is 3.22. The maximum atomic E-state index is 13.5. The minimum atomic E-state index is -0.461. The number of anilines is 1. The van der Waals surface area contributed by atoms with Crippen molar-refractivity contribution in [3.63, 3.8) is 0 Å². The number of amides is 1. The predicted octanol–water partition coefficient (Wildman–Crippen LogP) is 4.66. The molecule has 0 saturated carbocycles. The first kappa shape index (κ1) is 16.7. The minimum absolute atomic E-state index is 0.162. The van der Waals surface area contributed by atoms with Crippen LogP contribution in [-0.2, 0) is 4.79 Å². The lowest BCUT2D eigenvalue weighted by Crippen LogP contribution is -2.09. The monoisotopic (exact) mass is 313 g/mol. The Morgan fingerprint density at radius 3 is 2.70 bits per heavy atom. The zero-order valence-electron chi connectivity index (χ0n) is 13.1. The number of carbonyl (C=O) groups is 1. The fourth-order valence-corrected chi connectivity index (χ4v) is 1.98. The van der Waals surface area contributed by atoms with Gasteiger partial charge in [-0.05, 0) is 30.7 Å². The summed E-state index contributed by atoms with van der Waals surface area (Å²) in [5.74, 6) is -0.119. The van der Waals surface area contributed by atoms with E-state index in [1.807, 2.05) is 24.3 Å². The number of nitrogens with one attached hydrogen (secondary N) is 1. The molecule has 3 nitrogen and oxygen atoms in total. The summed E-state index contributed by atoms with van der Waals surface area (Å²) in [6.45, 7) is 2.74. The Balaban J connectivity index is 2.02. The first-order valence-corrected chi connectivity index (χ1v) is 7.66. The van der Waals surface area contributed by atoms with Gasteiger partial charge < -0.3 is 10.1 Å². The van der Waals surface area contributed by atoms with Gasteiger partial charge in [0.15, 0.2) is 0 Å². The van der Waals surface area contributed by atoms with Gasteiger partial charge in [0, 0.05) is 11.6 Å². The standard InChI is InChI=1S/C19H20FNO2/c1-2-3-14-23-18-11-7-4-8-15(18)12-13-19(22)21-17-10-6-5-9-16(17)20/h4-13H,2-3,14H2,1H3,(H,21,22). The summed E-state index contributed by atoms with van der Waals surface area (Å²) in [5.41, 5.74) is 0.974. The molecule has 0 radical (unpaired) electrons. The van der Waals surface area contributed by atoms with Crippen LogP contribution in [-0.4, -0.2) is 12.5 Å². The first-order valence-electron chi connectivity index (χ1n) is 7.66. The largest absolute Gasteiger partial charge is 0.493 e. The van der Waals surface area contributed by atoms with E-state index in [1.165, 1.54) is 18.2 Å². The smallest absolute Gasteiger partial charge is 0.248 e. The highest BCUT2D eigenvalue weighted by molar-refractivity contribution is 6.02. The molecular weight excluding hydrogens is 293 g/mol. The Kier molecular flexibility index (Phi) is 6.36. The van der Waals surface area contributed by atoms with Crippen LogP contribution in [0.4, 0.5) is 10.1 Å². The molecule has 0 aliphatic carbocycles. The van der Waals surface area contributed by atoms with Crippen LogP contribution in [0.25, 0.3) is 6.08 Å². The summed E-state index contributed by atoms with van der Waals surface area (Å²) in [6.07, 6.45) is 5.07. The van der Waals surface area contributed by atoms with Crippen molar-refractivity contribution < 1.29 is 13.9 Å². The van der Waals surface area contributed by atoms with E-state index < -0.39 is 11.7 Å². The number of ether oxygens (including phenoxy) is 1. The maximum absolute atomic E-state index is 13.5. The van der Waals surface area contributed by atoms with Gasteiger partial charge in [0.1, 0.15) is 11.6 Å². The molecular formula is C19H20FNO2. The fraction of sp³-hybridized carbons (Fsp3) is 0.211. The lowest BCUT2D eigenvalue weighted by molar-refractivity contribution is -0.111. The van der Waals surface area contributed by atoms with E-state index >= 15 is 0 Å². The van der Waals surface area contributed by atoms with Crippen molar-refractivity contribution >= 4 is 17.7 Å².